The lowest BCUT2D eigenvalue weighted by molar-refractivity contribution is -0.394. The number of nitro groups is 4. The van der Waals surface area contributed by atoms with E-state index < -0.39 is 77.0 Å². The monoisotopic (exact) mass is 540 g/mol. The zero-order valence-corrected chi connectivity index (χ0v) is 19.3. The third-order valence-electron chi connectivity index (χ3n) is 4.87. The van der Waals surface area contributed by atoms with Gasteiger partial charge in [-0.2, -0.15) is 0 Å². The van der Waals surface area contributed by atoms with Crippen molar-refractivity contribution in [2.24, 2.45) is 0 Å². The summed E-state index contributed by atoms with van der Waals surface area (Å²) in [6.45, 7) is 1.10. The summed E-state index contributed by atoms with van der Waals surface area (Å²) >= 11 is 0. The summed E-state index contributed by atoms with van der Waals surface area (Å²) in [7, 11) is 0. The summed E-state index contributed by atoms with van der Waals surface area (Å²) in [6, 6.07) is 7.21. The molecule has 0 saturated carbocycles. The largest absolute Gasteiger partial charge is 0.423 e. The molecule has 0 aliphatic heterocycles. The van der Waals surface area contributed by atoms with Gasteiger partial charge in [0.2, 0.25) is 0 Å². The van der Waals surface area contributed by atoms with Crippen molar-refractivity contribution in [1.82, 2.24) is 0 Å². The van der Waals surface area contributed by atoms with Gasteiger partial charge in [0, 0.05) is 30.3 Å². The van der Waals surface area contributed by atoms with Crippen molar-refractivity contribution in [2.75, 3.05) is 0 Å². The number of nitro benzene ring substituents is 4. The number of ketones is 1. The maximum atomic E-state index is 12.7. The highest BCUT2D eigenvalue weighted by molar-refractivity contribution is 6.00. The Morgan fingerprint density at radius 2 is 0.974 bits per heavy atom. The fraction of sp³-hybridized carbons (Fsp3) is 0.0455. The number of ether oxygens (including phenoxy) is 2. The molecule has 3 aromatic carbocycles. The highest BCUT2D eigenvalue weighted by Gasteiger charge is 2.24. The summed E-state index contributed by atoms with van der Waals surface area (Å²) in [5.41, 5.74) is -4.46. The Morgan fingerprint density at radius 1 is 0.590 bits per heavy atom. The van der Waals surface area contributed by atoms with Gasteiger partial charge in [-0.15, -0.1) is 0 Å². The highest BCUT2D eigenvalue weighted by Crippen LogP contribution is 2.30. The van der Waals surface area contributed by atoms with E-state index in [1.54, 1.807) is 0 Å². The molecule has 0 radical (unpaired) electrons. The molecule has 0 spiro atoms. The number of non-ortho nitro benzene ring substituents is 4. The van der Waals surface area contributed by atoms with Crippen LogP contribution in [0.4, 0.5) is 22.7 Å². The lowest BCUT2D eigenvalue weighted by Crippen LogP contribution is -2.13. The molecule has 0 bridgehead atoms. The highest BCUT2D eigenvalue weighted by atomic mass is 16.6. The first-order valence-electron chi connectivity index (χ1n) is 10.2. The number of rotatable bonds is 9. The van der Waals surface area contributed by atoms with E-state index in [0.29, 0.717) is 24.3 Å². The van der Waals surface area contributed by atoms with Crippen molar-refractivity contribution < 1.29 is 43.6 Å². The van der Waals surface area contributed by atoms with Crippen molar-refractivity contribution in [3.8, 4) is 11.5 Å². The van der Waals surface area contributed by atoms with Gasteiger partial charge in [-0.1, -0.05) is 0 Å². The molecule has 0 unspecified atom stereocenters. The van der Waals surface area contributed by atoms with E-state index in [1.165, 1.54) is 0 Å². The zero-order chi connectivity index (χ0) is 29.0. The van der Waals surface area contributed by atoms with Gasteiger partial charge in [0.1, 0.15) is 11.5 Å². The first-order valence-corrected chi connectivity index (χ1v) is 10.2. The van der Waals surface area contributed by atoms with E-state index in [9.17, 15) is 54.8 Å². The van der Waals surface area contributed by atoms with Crippen LogP contribution in [0, 0.1) is 40.5 Å². The minimum Gasteiger partial charge on any atom is -0.423 e. The van der Waals surface area contributed by atoms with Crippen LogP contribution in [0.15, 0.2) is 54.6 Å². The molecule has 0 atom stereocenters. The minimum absolute atomic E-state index is 0.214. The van der Waals surface area contributed by atoms with Gasteiger partial charge in [-0.05, 0) is 19.1 Å². The number of carbonyl (C=O) groups is 3. The number of carbonyl (C=O) groups excluding carboxylic acids is 3. The molecular weight excluding hydrogens is 528 g/mol. The predicted molar refractivity (Wildman–Crippen MR) is 126 cm³/mol. The Bertz CT molecular complexity index is 1530. The van der Waals surface area contributed by atoms with Crippen LogP contribution in [0.5, 0.6) is 11.5 Å². The Morgan fingerprint density at radius 3 is 1.33 bits per heavy atom. The summed E-state index contributed by atoms with van der Waals surface area (Å²) in [5.74, 6) is -4.11. The van der Waals surface area contributed by atoms with Crippen LogP contribution in [-0.4, -0.2) is 37.4 Å². The molecular formula is C22H12N4O13. The molecule has 17 nitrogen and oxygen atoms in total. The Balaban J connectivity index is 1.97. The lowest BCUT2D eigenvalue weighted by atomic mass is 10.1. The van der Waals surface area contributed by atoms with Crippen molar-refractivity contribution in [3.63, 3.8) is 0 Å². The van der Waals surface area contributed by atoms with Crippen LogP contribution in [0.25, 0.3) is 0 Å². The maximum Gasteiger partial charge on any atom is 0.344 e. The second-order valence-corrected chi connectivity index (χ2v) is 7.50. The van der Waals surface area contributed by atoms with Gasteiger partial charge in [0.05, 0.1) is 48.5 Å². The summed E-state index contributed by atoms with van der Waals surface area (Å²) < 4.78 is 10.2. The fourth-order valence-electron chi connectivity index (χ4n) is 3.11. The lowest BCUT2D eigenvalue weighted by Gasteiger charge is -2.11. The van der Waals surface area contributed by atoms with Gasteiger partial charge in [-0.25, -0.2) is 9.59 Å². The van der Waals surface area contributed by atoms with E-state index in [-0.39, 0.29) is 11.3 Å². The average Bonchev–Trinajstić information content (AvgIpc) is 2.87. The third-order valence-corrected chi connectivity index (χ3v) is 4.87. The first kappa shape index (κ1) is 27.5. The van der Waals surface area contributed by atoms with Crippen LogP contribution in [0.2, 0.25) is 0 Å². The van der Waals surface area contributed by atoms with Gasteiger partial charge in [-0.3, -0.25) is 45.3 Å². The molecule has 0 heterocycles. The summed E-state index contributed by atoms with van der Waals surface area (Å²) in [6.07, 6.45) is 0. The average molecular weight is 540 g/mol. The SMILES string of the molecule is CC(=O)c1ccc(OC(=O)c2cc([N+](=O)[O-])cc([N+](=O)[O-])c2)cc1OC(=O)c1cc([N+](=O)[O-])cc([N+](=O)[O-])c1. The van der Waals surface area contributed by atoms with Crippen molar-refractivity contribution in [2.45, 2.75) is 6.92 Å². The molecule has 3 aromatic rings. The van der Waals surface area contributed by atoms with E-state index in [1.807, 2.05) is 0 Å². The first-order chi connectivity index (χ1) is 18.3. The topological polar surface area (TPSA) is 242 Å². The molecule has 3 rings (SSSR count). The number of hydrogen-bond acceptors (Lipinski definition) is 13. The Kier molecular flexibility index (Phi) is 7.65. The van der Waals surface area contributed by atoms with Crippen LogP contribution in [0.3, 0.4) is 0 Å². The molecule has 198 valence electrons. The van der Waals surface area contributed by atoms with Crippen molar-refractivity contribution >= 4 is 40.5 Å². The maximum absolute atomic E-state index is 12.7. The molecule has 0 saturated heterocycles. The van der Waals surface area contributed by atoms with Crippen LogP contribution >= 0.6 is 0 Å². The van der Waals surface area contributed by atoms with Gasteiger partial charge >= 0.3 is 11.9 Å². The van der Waals surface area contributed by atoms with Crippen molar-refractivity contribution in [3.05, 3.63) is 112 Å². The van der Waals surface area contributed by atoms with E-state index in [4.69, 9.17) is 9.47 Å². The van der Waals surface area contributed by atoms with Gasteiger partial charge < -0.3 is 9.47 Å². The number of nitrogens with zero attached hydrogens (tertiary/aromatic N) is 4. The normalized spacial score (nSPS) is 10.3. The second kappa shape index (κ2) is 10.9. The molecule has 0 fully saturated rings. The number of benzene rings is 3. The predicted octanol–water partition coefficient (Wildman–Crippen LogP) is 3.96. The quantitative estimate of drug-likeness (QED) is 0.123. The fourth-order valence-corrected chi connectivity index (χ4v) is 3.11. The van der Waals surface area contributed by atoms with Gasteiger partial charge in [0.25, 0.3) is 22.7 Å². The smallest absolute Gasteiger partial charge is 0.344 e. The molecule has 0 amide bonds. The molecule has 0 aliphatic carbocycles. The molecule has 0 aliphatic rings. The van der Waals surface area contributed by atoms with Gasteiger partial charge in [0.15, 0.2) is 5.78 Å². The van der Waals surface area contributed by atoms with E-state index >= 15 is 0 Å². The Labute approximate surface area is 214 Å². The minimum atomic E-state index is -1.33. The zero-order valence-electron chi connectivity index (χ0n) is 19.3. The molecule has 0 aromatic heterocycles. The molecule has 39 heavy (non-hydrogen) atoms. The number of esters is 2. The van der Waals surface area contributed by atoms with E-state index in [2.05, 4.69) is 0 Å². The van der Waals surface area contributed by atoms with Crippen molar-refractivity contribution in [1.29, 1.82) is 0 Å². The Hall–Kier alpha value is -6.13. The summed E-state index contributed by atoms with van der Waals surface area (Å²) in [5, 5.41) is 44.3. The second-order valence-electron chi connectivity index (χ2n) is 7.50. The summed E-state index contributed by atoms with van der Waals surface area (Å²) in [4.78, 5) is 77.7. The number of hydrogen-bond donors (Lipinski definition) is 0. The molecule has 0 N–H and O–H groups in total. The molecule has 17 heteroatoms. The number of Topliss-reactive ketones (excluding diaryl/α,β-unsaturated/α-hetero) is 1. The third kappa shape index (κ3) is 6.36. The van der Waals surface area contributed by atoms with E-state index in [0.717, 1.165) is 37.3 Å². The van der Waals surface area contributed by atoms with Crippen LogP contribution in [-0.2, 0) is 0 Å². The van der Waals surface area contributed by atoms with Crippen LogP contribution in [0.1, 0.15) is 38.0 Å². The van der Waals surface area contributed by atoms with Crippen LogP contribution < -0.4 is 9.47 Å². The standard InChI is InChI=1S/C22H12N4O13/c1-11(27)19-3-2-18(38-21(28)12-4-14(23(30)31)8-15(5-12)24(32)33)10-20(19)39-22(29)13-6-16(25(34)35)9-17(7-13)26(36)37/h2-10H,1H3.